The number of nitrogens with one attached hydrogen (secondary N) is 2. The first-order chi connectivity index (χ1) is 12.3. The zero-order valence-electron chi connectivity index (χ0n) is 15.0. The summed E-state index contributed by atoms with van der Waals surface area (Å²) in [7, 11) is 1.32. The number of hydrogen-bond acceptors (Lipinski definition) is 4. The Kier molecular flexibility index (Phi) is 5.86. The molecule has 146 valence electrons. The fraction of sp³-hybridized carbons (Fsp3) is 0.765. The molecule has 1 aromatic heterocycles. The molecule has 2 aliphatic rings. The van der Waals surface area contributed by atoms with Crippen molar-refractivity contribution in [1.29, 1.82) is 0 Å². The van der Waals surface area contributed by atoms with Gasteiger partial charge in [0.05, 0.1) is 12.2 Å². The average molecular weight is 373 g/mol. The molecule has 2 unspecified atom stereocenters. The maximum Gasteiger partial charge on any atom is 0.433 e. The van der Waals surface area contributed by atoms with Crippen LogP contribution < -0.4 is 10.6 Å². The van der Waals surface area contributed by atoms with Gasteiger partial charge in [0.1, 0.15) is 5.69 Å². The fourth-order valence-corrected chi connectivity index (χ4v) is 3.94. The lowest BCUT2D eigenvalue weighted by atomic mass is 9.97. The fourth-order valence-electron chi connectivity index (χ4n) is 3.94. The minimum Gasteiger partial charge on any atom is -0.354 e. The third-order valence-corrected chi connectivity index (χ3v) is 5.22. The van der Waals surface area contributed by atoms with Crippen LogP contribution in [0.3, 0.4) is 0 Å². The maximum atomic E-state index is 13.2. The molecule has 3 heterocycles. The molecule has 0 radical (unpaired) electrons. The van der Waals surface area contributed by atoms with E-state index < -0.39 is 11.9 Å². The smallest absolute Gasteiger partial charge is 0.354 e. The van der Waals surface area contributed by atoms with Gasteiger partial charge >= 0.3 is 6.18 Å². The van der Waals surface area contributed by atoms with Gasteiger partial charge in [0, 0.05) is 32.2 Å². The Morgan fingerprint density at radius 3 is 2.88 bits per heavy atom. The number of likely N-dealkylation sites (tertiary alicyclic amines) is 1. The monoisotopic (exact) mass is 373 g/mol. The molecule has 26 heavy (non-hydrogen) atoms. The molecule has 9 heteroatoms. The molecular formula is C17H26F3N5O. The highest BCUT2D eigenvalue weighted by molar-refractivity contribution is 5.81. The molecule has 0 bridgehead atoms. The zero-order chi connectivity index (χ0) is 18.7. The predicted molar refractivity (Wildman–Crippen MR) is 90.2 cm³/mol. The van der Waals surface area contributed by atoms with Gasteiger partial charge in [-0.1, -0.05) is 0 Å². The lowest BCUT2D eigenvalue weighted by Crippen LogP contribution is -2.45. The van der Waals surface area contributed by atoms with Crippen molar-refractivity contribution in [3.05, 3.63) is 17.5 Å². The maximum absolute atomic E-state index is 13.2. The van der Waals surface area contributed by atoms with Crippen LogP contribution in [0.5, 0.6) is 0 Å². The second kappa shape index (κ2) is 7.96. The number of aromatic nitrogens is 2. The average Bonchev–Trinajstić information content (AvgIpc) is 3.22. The summed E-state index contributed by atoms with van der Waals surface area (Å²) in [5.41, 5.74) is -0.472. The van der Waals surface area contributed by atoms with Crippen molar-refractivity contribution in [2.45, 2.75) is 44.4 Å². The third kappa shape index (κ3) is 4.56. The quantitative estimate of drug-likeness (QED) is 0.822. The zero-order valence-corrected chi connectivity index (χ0v) is 15.0. The van der Waals surface area contributed by atoms with E-state index in [-0.39, 0.29) is 30.0 Å². The van der Waals surface area contributed by atoms with Crippen LogP contribution in [0.4, 0.5) is 13.2 Å². The Hall–Kier alpha value is -1.61. The molecule has 0 saturated carbocycles. The van der Waals surface area contributed by atoms with E-state index in [1.807, 2.05) is 4.90 Å². The van der Waals surface area contributed by atoms with Gasteiger partial charge < -0.3 is 10.6 Å². The first-order valence-corrected chi connectivity index (χ1v) is 9.16. The number of amides is 1. The van der Waals surface area contributed by atoms with Crippen LogP contribution in [0.2, 0.25) is 0 Å². The van der Waals surface area contributed by atoms with E-state index in [0.29, 0.717) is 13.1 Å². The first-order valence-electron chi connectivity index (χ1n) is 9.16. The van der Waals surface area contributed by atoms with Gasteiger partial charge in [-0.2, -0.15) is 18.3 Å². The van der Waals surface area contributed by atoms with Crippen molar-refractivity contribution in [3.63, 3.8) is 0 Å². The van der Waals surface area contributed by atoms with Gasteiger partial charge in [-0.05, 0) is 44.7 Å². The largest absolute Gasteiger partial charge is 0.433 e. The van der Waals surface area contributed by atoms with Crippen LogP contribution in [0, 0.1) is 5.92 Å². The SMILES string of the molecule is Cn1ncc(CN2CCCC(CNC(=O)C3CCCN3)C2)c1C(F)(F)F. The van der Waals surface area contributed by atoms with E-state index >= 15 is 0 Å². The normalized spacial score (nSPS) is 24.8. The summed E-state index contributed by atoms with van der Waals surface area (Å²) in [5.74, 6) is 0.298. The molecule has 2 aliphatic heterocycles. The van der Waals surface area contributed by atoms with Crippen molar-refractivity contribution in [2.75, 3.05) is 26.2 Å². The first kappa shape index (κ1) is 19.2. The lowest BCUT2D eigenvalue weighted by Gasteiger charge is -2.33. The Balaban J connectivity index is 1.53. The van der Waals surface area contributed by atoms with Crippen molar-refractivity contribution in [1.82, 2.24) is 25.3 Å². The molecule has 1 aromatic rings. The Morgan fingerprint density at radius 2 is 2.19 bits per heavy atom. The van der Waals surface area contributed by atoms with Crippen LogP contribution >= 0.6 is 0 Å². The topological polar surface area (TPSA) is 62.2 Å². The van der Waals surface area contributed by atoms with Crippen LogP contribution in [-0.2, 0) is 24.6 Å². The molecule has 0 spiro atoms. The van der Waals surface area contributed by atoms with Gasteiger partial charge in [0.15, 0.2) is 0 Å². The van der Waals surface area contributed by atoms with E-state index in [0.717, 1.165) is 43.5 Å². The minimum atomic E-state index is -4.40. The summed E-state index contributed by atoms with van der Waals surface area (Å²) in [4.78, 5) is 14.1. The molecule has 6 nitrogen and oxygen atoms in total. The molecule has 3 rings (SSSR count). The van der Waals surface area contributed by atoms with E-state index in [1.165, 1.54) is 13.2 Å². The van der Waals surface area contributed by atoms with Crippen LogP contribution in [-0.4, -0.2) is 52.8 Å². The highest BCUT2D eigenvalue weighted by atomic mass is 19.4. The van der Waals surface area contributed by atoms with Crippen LogP contribution in [0.25, 0.3) is 0 Å². The second-order valence-electron chi connectivity index (χ2n) is 7.28. The lowest BCUT2D eigenvalue weighted by molar-refractivity contribution is -0.144. The van der Waals surface area contributed by atoms with Crippen molar-refractivity contribution in [3.8, 4) is 0 Å². The van der Waals surface area contributed by atoms with E-state index in [4.69, 9.17) is 0 Å². The third-order valence-electron chi connectivity index (χ3n) is 5.22. The summed E-state index contributed by atoms with van der Waals surface area (Å²) in [6.07, 6.45) is 0.682. The van der Waals surface area contributed by atoms with Crippen LogP contribution in [0.1, 0.15) is 36.9 Å². The number of alkyl halides is 3. The number of carbonyl (C=O) groups is 1. The standard InChI is InChI=1S/C17H26F3N5O/c1-24-15(17(18,19)20)13(9-23-24)11-25-7-3-4-12(10-25)8-22-16(26)14-5-2-6-21-14/h9,12,14,21H,2-8,10-11H2,1H3,(H,22,26). The number of aryl methyl sites for hydroxylation is 1. The van der Waals surface area contributed by atoms with Crippen molar-refractivity contribution >= 4 is 5.91 Å². The Bertz CT molecular complexity index is 624. The minimum absolute atomic E-state index is 0.0336. The highest BCUT2D eigenvalue weighted by Gasteiger charge is 2.37. The van der Waals surface area contributed by atoms with E-state index in [1.54, 1.807) is 0 Å². The molecule has 0 aliphatic carbocycles. The molecule has 0 aromatic carbocycles. The van der Waals surface area contributed by atoms with E-state index in [9.17, 15) is 18.0 Å². The number of hydrogen-bond donors (Lipinski definition) is 2. The molecule has 1 amide bonds. The van der Waals surface area contributed by atoms with Crippen molar-refractivity contribution < 1.29 is 18.0 Å². The molecule has 2 fully saturated rings. The van der Waals surface area contributed by atoms with Gasteiger partial charge in [-0.3, -0.25) is 14.4 Å². The summed E-state index contributed by atoms with van der Waals surface area (Å²) in [5, 5.41) is 9.94. The summed E-state index contributed by atoms with van der Waals surface area (Å²) in [6, 6.07) is -0.0977. The molecule has 2 atom stereocenters. The van der Waals surface area contributed by atoms with Gasteiger partial charge in [-0.15, -0.1) is 0 Å². The number of nitrogens with zero attached hydrogens (tertiary/aromatic N) is 3. The van der Waals surface area contributed by atoms with Gasteiger partial charge in [0.2, 0.25) is 5.91 Å². The molecular weight excluding hydrogens is 347 g/mol. The number of halogens is 3. The highest BCUT2D eigenvalue weighted by Crippen LogP contribution is 2.32. The summed E-state index contributed by atoms with van der Waals surface area (Å²) < 4.78 is 40.5. The Labute approximate surface area is 151 Å². The van der Waals surface area contributed by atoms with Crippen molar-refractivity contribution in [2.24, 2.45) is 13.0 Å². The predicted octanol–water partition coefficient (Wildman–Crippen LogP) is 1.52. The second-order valence-corrected chi connectivity index (χ2v) is 7.28. The van der Waals surface area contributed by atoms with Crippen LogP contribution in [0.15, 0.2) is 6.20 Å². The molecule has 2 N–H and O–H groups in total. The van der Waals surface area contributed by atoms with Gasteiger partial charge in [-0.25, -0.2) is 0 Å². The summed E-state index contributed by atoms with van der Waals surface area (Å²) in [6.45, 7) is 3.14. The Morgan fingerprint density at radius 1 is 1.38 bits per heavy atom. The number of piperidine rings is 1. The van der Waals surface area contributed by atoms with E-state index in [2.05, 4.69) is 15.7 Å². The summed E-state index contributed by atoms with van der Waals surface area (Å²) >= 11 is 0. The molecule has 2 saturated heterocycles. The van der Waals surface area contributed by atoms with Gasteiger partial charge in [0.25, 0.3) is 0 Å². The number of carbonyl (C=O) groups excluding carboxylic acids is 1. The number of rotatable bonds is 5.